The van der Waals surface area contributed by atoms with Crippen LogP contribution in [0.5, 0.6) is 0 Å². The number of benzene rings is 1. The summed E-state index contributed by atoms with van der Waals surface area (Å²) in [6.45, 7) is 1.21. The molecule has 2 bridgehead atoms. The minimum atomic E-state index is -3.19. The molecule has 1 aliphatic carbocycles. The number of carbonyl (C=O) groups excluding carboxylic acids is 1. The summed E-state index contributed by atoms with van der Waals surface area (Å²) < 4.78 is 24.2. The zero-order chi connectivity index (χ0) is 16.6. The van der Waals surface area contributed by atoms with Gasteiger partial charge in [0.2, 0.25) is 10.0 Å². The largest absolute Gasteiger partial charge is 0.335 e. The van der Waals surface area contributed by atoms with Crippen LogP contribution in [0.4, 0.5) is 0 Å². The van der Waals surface area contributed by atoms with Gasteiger partial charge in [-0.05, 0) is 42.9 Å². The van der Waals surface area contributed by atoms with E-state index in [1.54, 1.807) is 7.05 Å². The maximum Gasteiger partial charge on any atom is 0.254 e. The lowest BCUT2D eigenvalue weighted by atomic mass is 9.90. The number of sulfonamides is 1. The normalized spacial score (nSPS) is 24.2. The fourth-order valence-corrected chi connectivity index (χ4v) is 4.06. The SMILES string of the molecule is CN(Cc1ccc(C(=O)N2CC3CCCC2C3)cc1)S(C)(=O)=O. The summed E-state index contributed by atoms with van der Waals surface area (Å²) >= 11 is 0. The number of rotatable bonds is 4. The molecule has 3 rings (SSSR count). The fourth-order valence-electron chi connectivity index (χ4n) is 3.68. The van der Waals surface area contributed by atoms with Crippen LogP contribution in [0.25, 0.3) is 0 Å². The molecule has 5 nitrogen and oxygen atoms in total. The van der Waals surface area contributed by atoms with Gasteiger partial charge in [-0.2, -0.15) is 0 Å². The Kier molecular flexibility index (Phi) is 4.47. The van der Waals surface area contributed by atoms with Crippen molar-refractivity contribution in [3.63, 3.8) is 0 Å². The number of hydrogen-bond donors (Lipinski definition) is 0. The van der Waals surface area contributed by atoms with Gasteiger partial charge < -0.3 is 4.90 Å². The van der Waals surface area contributed by atoms with Crippen molar-refractivity contribution in [1.82, 2.24) is 9.21 Å². The lowest BCUT2D eigenvalue weighted by Crippen LogP contribution is -2.35. The summed E-state index contributed by atoms with van der Waals surface area (Å²) in [6, 6.07) is 7.73. The van der Waals surface area contributed by atoms with E-state index in [1.165, 1.54) is 23.4 Å². The third-order valence-corrected chi connectivity index (χ3v) is 6.35. The first-order valence-corrected chi connectivity index (χ1v) is 10.0. The topological polar surface area (TPSA) is 57.7 Å². The van der Waals surface area contributed by atoms with Gasteiger partial charge >= 0.3 is 0 Å². The Labute approximate surface area is 138 Å². The number of carbonyl (C=O) groups is 1. The van der Waals surface area contributed by atoms with Crippen molar-refractivity contribution in [3.8, 4) is 0 Å². The smallest absolute Gasteiger partial charge is 0.254 e. The van der Waals surface area contributed by atoms with Gasteiger partial charge in [-0.15, -0.1) is 0 Å². The lowest BCUT2D eigenvalue weighted by molar-refractivity contribution is 0.0733. The van der Waals surface area contributed by atoms with E-state index in [9.17, 15) is 13.2 Å². The Hall–Kier alpha value is -1.40. The third-order valence-electron chi connectivity index (χ3n) is 5.08. The predicted molar refractivity (Wildman–Crippen MR) is 89.5 cm³/mol. The van der Waals surface area contributed by atoms with Gasteiger partial charge in [0.1, 0.15) is 0 Å². The van der Waals surface area contributed by atoms with Crippen molar-refractivity contribution >= 4 is 15.9 Å². The Bertz CT molecular complexity index is 684. The summed E-state index contributed by atoms with van der Waals surface area (Å²) in [4.78, 5) is 14.7. The Morgan fingerprint density at radius 1 is 1.26 bits per heavy atom. The molecule has 0 aromatic heterocycles. The zero-order valence-corrected chi connectivity index (χ0v) is 14.6. The van der Waals surface area contributed by atoms with Crippen LogP contribution >= 0.6 is 0 Å². The van der Waals surface area contributed by atoms with Crippen LogP contribution in [0.3, 0.4) is 0 Å². The van der Waals surface area contributed by atoms with Crippen LogP contribution in [0.2, 0.25) is 0 Å². The van der Waals surface area contributed by atoms with Crippen molar-refractivity contribution in [3.05, 3.63) is 35.4 Å². The average Bonchev–Trinajstić information content (AvgIpc) is 2.80. The van der Waals surface area contributed by atoms with Crippen LogP contribution in [-0.2, 0) is 16.6 Å². The molecule has 1 heterocycles. The highest BCUT2D eigenvalue weighted by molar-refractivity contribution is 7.88. The standard InChI is InChI=1S/C17H24N2O3S/c1-18(23(2,21)22)11-13-6-8-15(9-7-13)17(20)19-12-14-4-3-5-16(19)10-14/h6-9,14,16H,3-5,10-12H2,1-2H3. The van der Waals surface area contributed by atoms with Crippen molar-refractivity contribution in [2.75, 3.05) is 19.8 Å². The highest BCUT2D eigenvalue weighted by Crippen LogP contribution is 2.36. The molecule has 0 radical (unpaired) electrons. The van der Waals surface area contributed by atoms with E-state index in [-0.39, 0.29) is 5.91 Å². The van der Waals surface area contributed by atoms with E-state index in [0.29, 0.717) is 24.1 Å². The molecule has 1 amide bonds. The highest BCUT2D eigenvalue weighted by Gasteiger charge is 2.37. The molecule has 0 N–H and O–H groups in total. The van der Waals surface area contributed by atoms with E-state index in [2.05, 4.69) is 0 Å². The molecule has 1 saturated carbocycles. The molecular formula is C17H24N2O3S. The van der Waals surface area contributed by atoms with E-state index in [1.807, 2.05) is 29.2 Å². The van der Waals surface area contributed by atoms with Gasteiger partial charge in [-0.25, -0.2) is 12.7 Å². The molecular weight excluding hydrogens is 312 g/mol. The maximum atomic E-state index is 12.7. The van der Waals surface area contributed by atoms with Crippen LogP contribution in [0, 0.1) is 5.92 Å². The second kappa shape index (κ2) is 6.24. The summed E-state index contributed by atoms with van der Waals surface area (Å²) in [5.41, 5.74) is 1.58. The molecule has 126 valence electrons. The van der Waals surface area contributed by atoms with Gasteiger partial charge in [0.25, 0.3) is 5.91 Å². The van der Waals surface area contributed by atoms with Crippen molar-refractivity contribution < 1.29 is 13.2 Å². The average molecular weight is 336 g/mol. The zero-order valence-electron chi connectivity index (χ0n) is 13.7. The second-order valence-corrected chi connectivity index (χ2v) is 8.95. The van der Waals surface area contributed by atoms with Gasteiger partial charge in [0.05, 0.1) is 6.26 Å². The molecule has 1 aliphatic heterocycles. The van der Waals surface area contributed by atoms with E-state index in [0.717, 1.165) is 24.9 Å². The maximum absolute atomic E-state index is 12.7. The predicted octanol–water partition coefficient (Wildman–Crippen LogP) is 2.09. The Balaban J connectivity index is 1.68. The summed E-state index contributed by atoms with van der Waals surface area (Å²) in [7, 11) is -1.64. The quantitative estimate of drug-likeness (QED) is 0.846. The van der Waals surface area contributed by atoms with Crippen LogP contribution in [0.15, 0.2) is 24.3 Å². The molecule has 6 heteroatoms. The van der Waals surface area contributed by atoms with Crippen LogP contribution in [0.1, 0.15) is 41.6 Å². The number of fused-ring (bicyclic) bond motifs is 2. The highest BCUT2D eigenvalue weighted by atomic mass is 32.2. The number of nitrogens with zero attached hydrogens (tertiary/aromatic N) is 2. The number of likely N-dealkylation sites (tertiary alicyclic amines) is 1. The lowest BCUT2D eigenvalue weighted by Gasteiger charge is -2.24. The van der Waals surface area contributed by atoms with Crippen LogP contribution < -0.4 is 0 Å². The molecule has 2 unspecified atom stereocenters. The monoisotopic (exact) mass is 336 g/mol. The number of amides is 1. The summed E-state index contributed by atoms with van der Waals surface area (Å²) in [6.07, 6.45) is 5.95. The fraction of sp³-hybridized carbons (Fsp3) is 0.588. The Morgan fingerprint density at radius 2 is 1.96 bits per heavy atom. The molecule has 1 aromatic carbocycles. The summed E-state index contributed by atoms with van der Waals surface area (Å²) in [5.74, 6) is 0.794. The minimum Gasteiger partial charge on any atom is -0.335 e. The van der Waals surface area contributed by atoms with Gasteiger partial charge in [0.15, 0.2) is 0 Å². The molecule has 2 fully saturated rings. The number of hydrogen-bond acceptors (Lipinski definition) is 3. The molecule has 1 aromatic rings. The van der Waals surface area contributed by atoms with E-state index in [4.69, 9.17) is 0 Å². The van der Waals surface area contributed by atoms with Crippen molar-refractivity contribution in [2.45, 2.75) is 38.3 Å². The van der Waals surface area contributed by atoms with Crippen LogP contribution in [-0.4, -0.2) is 49.4 Å². The Morgan fingerprint density at radius 3 is 2.57 bits per heavy atom. The van der Waals surface area contributed by atoms with E-state index < -0.39 is 10.0 Å². The molecule has 2 aliphatic rings. The van der Waals surface area contributed by atoms with Gasteiger partial charge in [0, 0.05) is 31.7 Å². The first-order valence-electron chi connectivity index (χ1n) is 8.16. The van der Waals surface area contributed by atoms with E-state index >= 15 is 0 Å². The summed E-state index contributed by atoms with van der Waals surface area (Å²) in [5, 5.41) is 0. The van der Waals surface area contributed by atoms with Gasteiger partial charge in [-0.3, -0.25) is 4.79 Å². The molecule has 23 heavy (non-hydrogen) atoms. The van der Waals surface area contributed by atoms with Crippen molar-refractivity contribution in [2.24, 2.45) is 5.92 Å². The van der Waals surface area contributed by atoms with Crippen molar-refractivity contribution in [1.29, 1.82) is 0 Å². The molecule has 2 atom stereocenters. The third kappa shape index (κ3) is 3.58. The molecule has 0 spiro atoms. The van der Waals surface area contributed by atoms with Gasteiger partial charge in [-0.1, -0.05) is 18.6 Å². The molecule has 1 saturated heterocycles. The first kappa shape index (κ1) is 16.5. The second-order valence-electron chi connectivity index (χ2n) is 6.86. The first-order chi connectivity index (χ1) is 10.8. The minimum absolute atomic E-state index is 0.113.